The Bertz CT molecular complexity index is 1490. The molecule has 2 N–H and O–H groups in total. The van der Waals surface area contributed by atoms with Gasteiger partial charge in [-0.25, -0.2) is 4.79 Å². The Morgan fingerprint density at radius 2 is 1.78 bits per heavy atom. The second-order valence-electron chi connectivity index (χ2n) is 9.32. The zero-order valence-corrected chi connectivity index (χ0v) is 20.4. The van der Waals surface area contributed by atoms with Gasteiger partial charge in [0.25, 0.3) is 0 Å². The summed E-state index contributed by atoms with van der Waals surface area (Å²) in [6, 6.07) is 21.8. The number of nitrogens with one attached hydrogen (secondary N) is 1. The maximum Gasteiger partial charge on any atom is 0.337 e. The van der Waals surface area contributed by atoms with Gasteiger partial charge in [0.2, 0.25) is 0 Å². The molecular formula is C29H28N2O5. The van der Waals surface area contributed by atoms with Gasteiger partial charge < -0.3 is 24.5 Å². The molecule has 0 spiro atoms. The van der Waals surface area contributed by atoms with Crippen molar-refractivity contribution in [3.8, 4) is 0 Å². The Labute approximate surface area is 208 Å². The van der Waals surface area contributed by atoms with Crippen molar-refractivity contribution in [3.63, 3.8) is 0 Å². The fourth-order valence-electron chi connectivity index (χ4n) is 4.90. The van der Waals surface area contributed by atoms with Gasteiger partial charge in [0, 0.05) is 24.4 Å². The molecule has 1 unspecified atom stereocenters. The van der Waals surface area contributed by atoms with Crippen LogP contribution in [-0.4, -0.2) is 31.3 Å². The molecule has 0 saturated carbocycles. The number of methoxy groups -OCH3 is 1. The molecule has 1 saturated heterocycles. The van der Waals surface area contributed by atoms with E-state index in [1.807, 2.05) is 61.2 Å². The number of benzene rings is 3. The second-order valence-corrected chi connectivity index (χ2v) is 9.32. The SMILES string of the molecule is COC1(c2ccccc2)CN(c2cc(=O)c3cc(C)cc(C(C)Nc4ccccc4C(=O)O)c3o2)C1. The van der Waals surface area contributed by atoms with E-state index in [1.165, 1.54) is 6.07 Å². The molecular weight excluding hydrogens is 456 g/mol. The molecule has 184 valence electrons. The summed E-state index contributed by atoms with van der Waals surface area (Å²) in [5.41, 5.74) is 3.38. The first-order valence-electron chi connectivity index (χ1n) is 11.8. The van der Waals surface area contributed by atoms with Crippen molar-refractivity contribution in [2.75, 3.05) is 30.4 Å². The maximum absolute atomic E-state index is 13.2. The van der Waals surface area contributed by atoms with Crippen molar-refractivity contribution in [1.82, 2.24) is 0 Å². The average molecular weight is 485 g/mol. The minimum Gasteiger partial charge on any atom is -0.478 e. The van der Waals surface area contributed by atoms with Crippen LogP contribution in [0, 0.1) is 6.92 Å². The summed E-state index contributed by atoms with van der Waals surface area (Å²) < 4.78 is 12.2. The number of aryl methyl sites for hydroxylation is 1. The van der Waals surface area contributed by atoms with Crippen LogP contribution < -0.4 is 15.6 Å². The van der Waals surface area contributed by atoms with E-state index in [9.17, 15) is 14.7 Å². The van der Waals surface area contributed by atoms with E-state index < -0.39 is 11.6 Å². The van der Waals surface area contributed by atoms with Crippen LogP contribution in [-0.2, 0) is 10.3 Å². The highest BCUT2D eigenvalue weighted by atomic mass is 16.5. The van der Waals surface area contributed by atoms with E-state index in [1.54, 1.807) is 31.4 Å². The van der Waals surface area contributed by atoms with Crippen LogP contribution in [0.4, 0.5) is 11.6 Å². The van der Waals surface area contributed by atoms with Crippen LogP contribution in [0.25, 0.3) is 11.0 Å². The monoisotopic (exact) mass is 484 g/mol. The molecule has 7 heteroatoms. The normalized spacial score (nSPS) is 15.4. The average Bonchev–Trinajstić information content (AvgIpc) is 2.84. The number of aromatic carboxylic acids is 1. The van der Waals surface area contributed by atoms with E-state index in [0.29, 0.717) is 35.6 Å². The van der Waals surface area contributed by atoms with Gasteiger partial charge in [-0.1, -0.05) is 48.5 Å². The molecule has 3 aromatic carbocycles. The van der Waals surface area contributed by atoms with Crippen LogP contribution in [0.1, 0.15) is 40.0 Å². The standard InChI is InChI=1S/C29H28N2O5/c1-18-13-22(19(2)30-24-12-8-7-11-21(24)28(33)34)27-23(14-18)25(32)15-26(36-27)31-16-29(17-31,35-3)20-9-5-4-6-10-20/h4-15,19,30H,16-17H2,1-3H3,(H,33,34). The van der Waals surface area contributed by atoms with Crippen LogP contribution in [0.15, 0.2) is 82.0 Å². The topological polar surface area (TPSA) is 92.0 Å². The van der Waals surface area contributed by atoms with Gasteiger partial charge in [-0.05, 0) is 43.2 Å². The van der Waals surface area contributed by atoms with Gasteiger partial charge in [-0.2, -0.15) is 0 Å². The highest BCUT2D eigenvalue weighted by Crippen LogP contribution is 2.39. The Morgan fingerprint density at radius 1 is 1.08 bits per heavy atom. The van der Waals surface area contributed by atoms with Gasteiger partial charge in [0.15, 0.2) is 11.3 Å². The lowest BCUT2D eigenvalue weighted by molar-refractivity contribution is -0.0399. The minimum absolute atomic E-state index is 0.121. The number of anilines is 2. The molecule has 0 radical (unpaired) electrons. The van der Waals surface area contributed by atoms with Gasteiger partial charge >= 0.3 is 5.97 Å². The lowest BCUT2D eigenvalue weighted by atomic mass is 9.86. The number of fused-ring (bicyclic) bond motifs is 1. The first-order chi connectivity index (χ1) is 17.3. The van der Waals surface area contributed by atoms with Crippen molar-refractivity contribution in [2.24, 2.45) is 0 Å². The molecule has 36 heavy (non-hydrogen) atoms. The Kier molecular flexibility index (Phi) is 6.02. The summed E-state index contributed by atoms with van der Waals surface area (Å²) in [7, 11) is 1.70. The number of hydrogen-bond acceptors (Lipinski definition) is 6. The smallest absolute Gasteiger partial charge is 0.337 e. The summed E-state index contributed by atoms with van der Waals surface area (Å²) in [5.74, 6) is -0.523. The molecule has 5 rings (SSSR count). The quantitative estimate of drug-likeness (QED) is 0.366. The molecule has 1 fully saturated rings. The van der Waals surface area contributed by atoms with Gasteiger partial charge in [0.05, 0.1) is 30.1 Å². The summed E-state index contributed by atoms with van der Waals surface area (Å²) >= 11 is 0. The molecule has 1 aliphatic heterocycles. The highest BCUT2D eigenvalue weighted by molar-refractivity contribution is 5.94. The summed E-state index contributed by atoms with van der Waals surface area (Å²) in [5, 5.41) is 13.3. The first kappa shape index (κ1) is 23.6. The first-order valence-corrected chi connectivity index (χ1v) is 11.8. The van der Waals surface area contributed by atoms with Crippen LogP contribution in [0.5, 0.6) is 0 Å². The van der Waals surface area contributed by atoms with Crippen molar-refractivity contribution in [3.05, 3.63) is 105 Å². The third-order valence-electron chi connectivity index (χ3n) is 6.88. The van der Waals surface area contributed by atoms with Crippen molar-refractivity contribution >= 4 is 28.5 Å². The van der Waals surface area contributed by atoms with E-state index in [4.69, 9.17) is 9.15 Å². The molecule has 7 nitrogen and oxygen atoms in total. The highest BCUT2D eigenvalue weighted by Gasteiger charge is 2.46. The number of hydrogen-bond donors (Lipinski definition) is 2. The fraction of sp³-hybridized carbons (Fsp3) is 0.241. The number of rotatable bonds is 7. The zero-order chi connectivity index (χ0) is 25.4. The molecule has 1 atom stereocenters. The van der Waals surface area contributed by atoms with E-state index in [-0.39, 0.29) is 17.0 Å². The Morgan fingerprint density at radius 3 is 2.47 bits per heavy atom. The predicted molar refractivity (Wildman–Crippen MR) is 140 cm³/mol. The van der Waals surface area contributed by atoms with E-state index in [0.717, 1.165) is 16.7 Å². The van der Waals surface area contributed by atoms with Crippen molar-refractivity contribution in [1.29, 1.82) is 0 Å². The number of ether oxygens (including phenoxy) is 1. The summed E-state index contributed by atoms with van der Waals surface area (Å²) in [6.07, 6.45) is 0. The second kappa shape index (κ2) is 9.17. The number of para-hydroxylation sites is 1. The molecule has 2 heterocycles. The number of nitrogens with zero attached hydrogens (tertiary/aromatic N) is 1. The van der Waals surface area contributed by atoms with E-state index in [2.05, 4.69) is 5.32 Å². The van der Waals surface area contributed by atoms with Crippen molar-refractivity contribution < 1.29 is 19.1 Å². The maximum atomic E-state index is 13.2. The lowest BCUT2D eigenvalue weighted by Gasteiger charge is -2.49. The van der Waals surface area contributed by atoms with Gasteiger partial charge in [-0.3, -0.25) is 4.79 Å². The van der Waals surface area contributed by atoms with Gasteiger partial charge in [-0.15, -0.1) is 0 Å². The van der Waals surface area contributed by atoms with E-state index >= 15 is 0 Å². The predicted octanol–water partition coefficient (Wildman–Crippen LogP) is 5.33. The number of carboxylic acids is 1. The van der Waals surface area contributed by atoms with Crippen LogP contribution >= 0.6 is 0 Å². The fourth-order valence-corrected chi connectivity index (χ4v) is 4.90. The molecule has 0 bridgehead atoms. The largest absolute Gasteiger partial charge is 0.478 e. The van der Waals surface area contributed by atoms with Crippen LogP contribution in [0.3, 0.4) is 0 Å². The zero-order valence-electron chi connectivity index (χ0n) is 20.4. The van der Waals surface area contributed by atoms with Crippen LogP contribution in [0.2, 0.25) is 0 Å². The lowest BCUT2D eigenvalue weighted by Crippen LogP contribution is -2.60. The Balaban J connectivity index is 1.51. The number of carbonyl (C=O) groups is 1. The molecule has 0 aliphatic carbocycles. The summed E-state index contributed by atoms with van der Waals surface area (Å²) in [6.45, 7) is 4.97. The van der Waals surface area contributed by atoms with Crippen molar-refractivity contribution in [2.45, 2.75) is 25.5 Å². The minimum atomic E-state index is -1.01. The molecule has 1 aromatic heterocycles. The third-order valence-corrected chi connectivity index (χ3v) is 6.88. The Hall–Kier alpha value is -4.10. The third kappa shape index (κ3) is 4.12. The number of carboxylic acid groups (broad SMARTS) is 1. The summed E-state index contributed by atoms with van der Waals surface area (Å²) in [4.78, 5) is 26.8. The van der Waals surface area contributed by atoms with Gasteiger partial charge in [0.1, 0.15) is 11.2 Å². The molecule has 4 aromatic rings. The molecule has 0 amide bonds. The molecule has 1 aliphatic rings.